The molecule has 0 fully saturated rings. The molecule has 4 heteroatoms. The van der Waals surface area contributed by atoms with Crippen molar-refractivity contribution in [3.63, 3.8) is 0 Å². The second-order valence-electron chi connectivity index (χ2n) is 6.68. The van der Waals surface area contributed by atoms with Gasteiger partial charge in [-0.25, -0.2) is 0 Å². The summed E-state index contributed by atoms with van der Waals surface area (Å²) in [6, 6.07) is 7.71. The SMILES string of the molecule is CCC=CC(=O)Nc1cccc(C2=CC(C)CCC(=N)C(C(C)=N)=C2)c1. The summed E-state index contributed by atoms with van der Waals surface area (Å²) >= 11 is 0. The molecule has 1 aliphatic carbocycles. The lowest BCUT2D eigenvalue weighted by atomic mass is 9.88. The lowest BCUT2D eigenvalue weighted by Crippen LogP contribution is -2.12. The Hall–Kier alpha value is -2.75. The van der Waals surface area contributed by atoms with Gasteiger partial charge in [-0.1, -0.05) is 38.1 Å². The molecule has 0 aromatic heterocycles. The van der Waals surface area contributed by atoms with Crippen LogP contribution in [0.15, 0.2) is 54.1 Å². The number of anilines is 1. The fourth-order valence-corrected chi connectivity index (χ4v) is 2.89. The summed E-state index contributed by atoms with van der Waals surface area (Å²) in [5, 5.41) is 19.1. The number of hydrogen-bond acceptors (Lipinski definition) is 3. The van der Waals surface area contributed by atoms with Crippen molar-refractivity contribution in [3.05, 3.63) is 59.7 Å². The fraction of sp³-hybridized carbons (Fsp3) is 0.318. The van der Waals surface area contributed by atoms with Gasteiger partial charge in [-0.3, -0.25) is 4.79 Å². The zero-order valence-corrected chi connectivity index (χ0v) is 15.7. The molecule has 1 aliphatic rings. The number of carbonyl (C=O) groups excluding carboxylic acids is 1. The van der Waals surface area contributed by atoms with E-state index in [0.29, 0.717) is 29.3 Å². The topological polar surface area (TPSA) is 76.8 Å². The summed E-state index contributed by atoms with van der Waals surface area (Å²) in [5.41, 5.74) is 4.31. The van der Waals surface area contributed by atoms with Gasteiger partial charge in [0, 0.05) is 22.7 Å². The van der Waals surface area contributed by atoms with Crippen LogP contribution in [0.1, 0.15) is 45.6 Å². The predicted octanol–water partition coefficient (Wildman–Crippen LogP) is 5.39. The van der Waals surface area contributed by atoms with Crippen LogP contribution in [-0.2, 0) is 4.79 Å². The van der Waals surface area contributed by atoms with Crippen LogP contribution >= 0.6 is 0 Å². The monoisotopic (exact) mass is 349 g/mol. The van der Waals surface area contributed by atoms with E-state index >= 15 is 0 Å². The first-order valence-electron chi connectivity index (χ1n) is 9.05. The van der Waals surface area contributed by atoms with Gasteiger partial charge in [0.2, 0.25) is 5.91 Å². The molecule has 0 radical (unpaired) electrons. The lowest BCUT2D eigenvalue weighted by molar-refractivity contribution is -0.111. The molecule has 0 spiro atoms. The summed E-state index contributed by atoms with van der Waals surface area (Å²) < 4.78 is 0. The fourth-order valence-electron chi connectivity index (χ4n) is 2.89. The molecular formula is C22H27N3O. The van der Waals surface area contributed by atoms with E-state index in [1.54, 1.807) is 13.0 Å². The van der Waals surface area contributed by atoms with Gasteiger partial charge in [0.1, 0.15) is 0 Å². The summed E-state index contributed by atoms with van der Waals surface area (Å²) in [4.78, 5) is 11.9. The Morgan fingerprint density at radius 3 is 2.85 bits per heavy atom. The maximum Gasteiger partial charge on any atom is 0.248 e. The average Bonchev–Trinajstić information content (AvgIpc) is 2.60. The first-order chi connectivity index (χ1) is 12.4. The number of hydrogen-bond donors (Lipinski definition) is 3. The quantitative estimate of drug-likeness (QED) is 0.484. The smallest absolute Gasteiger partial charge is 0.248 e. The predicted molar refractivity (Wildman–Crippen MR) is 110 cm³/mol. The van der Waals surface area contributed by atoms with Gasteiger partial charge in [0.25, 0.3) is 0 Å². The van der Waals surface area contributed by atoms with Crippen molar-refractivity contribution in [1.29, 1.82) is 10.8 Å². The van der Waals surface area contributed by atoms with E-state index in [0.717, 1.165) is 29.7 Å². The van der Waals surface area contributed by atoms with Crippen molar-refractivity contribution in [2.45, 2.75) is 40.0 Å². The first-order valence-corrected chi connectivity index (χ1v) is 9.05. The van der Waals surface area contributed by atoms with Crippen LogP contribution in [0.5, 0.6) is 0 Å². The molecule has 1 aromatic carbocycles. The third kappa shape index (κ3) is 5.38. The third-order valence-electron chi connectivity index (χ3n) is 4.31. The van der Waals surface area contributed by atoms with Crippen LogP contribution in [0.25, 0.3) is 5.57 Å². The lowest BCUT2D eigenvalue weighted by Gasteiger charge is -2.17. The zero-order valence-electron chi connectivity index (χ0n) is 15.7. The highest BCUT2D eigenvalue weighted by molar-refractivity contribution is 6.22. The van der Waals surface area contributed by atoms with Crippen LogP contribution in [0.4, 0.5) is 5.69 Å². The van der Waals surface area contributed by atoms with Crippen LogP contribution < -0.4 is 5.32 Å². The summed E-state index contributed by atoms with van der Waals surface area (Å²) in [6.07, 6.45) is 9.89. The Kier molecular flexibility index (Phi) is 6.84. The maximum atomic E-state index is 11.9. The van der Waals surface area contributed by atoms with Gasteiger partial charge < -0.3 is 16.1 Å². The van der Waals surface area contributed by atoms with Crippen molar-refractivity contribution in [2.24, 2.45) is 5.92 Å². The van der Waals surface area contributed by atoms with E-state index in [2.05, 4.69) is 18.3 Å². The maximum absolute atomic E-state index is 11.9. The number of carbonyl (C=O) groups is 1. The number of allylic oxidation sites excluding steroid dienone is 5. The highest BCUT2D eigenvalue weighted by Crippen LogP contribution is 2.27. The molecule has 0 saturated heterocycles. The minimum absolute atomic E-state index is 0.141. The van der Waals surface area contributed by atoms with Gasteiger partial charge in [-0.05, 0) is 67.5 Å². The highest BCUT2D eigenvalue weighted by Gasteiger charge is 2.15. The van der Waals surface area contributed by atoms with Gasteiger partial charge in [0.05, 0.1) is 0 Å². The van der Waals surface area contributed by atoms with E-state index in [4.69, 9.17) is 10.8 Å². The Balaban J connectivity index is 2.38. The van der Waals surface area contributed by atoms with Crippen LogP contribution in [-0.4, -0.2) is 17.3 Å². The molecule has 2 rings (SSSR count). The van der Waals surface area contributed by atoms with Crippen molar-refractivity contribution in [3.8, 4) is 0 Å². The Morgan fingerprint density at radius 2 is 2.15 bits per heavy atom. The van der Waals surface area contributed by atoms with E-state index in [9.17, 15) is 4.79 Å². The van der Waals surface area contributed by atoms with E-state index in [-0.39, 0.29) is 5.91 Å². The van der Waals surface area contributed by atoms with Crippen molar-refractivity contribution >= 4 is 28.6 Å². The summed E-state index contributed by atoms with van der Waals surface area (Å²) in [5.74, 6) is 0.206. The van der Waals surface area contributed by atoms with E-state index < -0.39 is 0 Å². The second kappa shape index (κ2) is 9.09. The molecule has 136 valence electrons. The molecule has 0 aliphatic heterocycles. The summed E-state index contributed by atoms with van der Waals surface area (Å²) in [7, 11) is 0. The molecule has 0 bridgehead atoms. The second-order valence-corrected chi connectivity index (χ2v) is 6.68. The Labute approximate surface area is 155 Å². The molecule has 1 unspecified atom stereocenters. The Morgan fingerprint density at radius 1 is 1.38 bits per heavy atom. The minimum Gasteiger partial charge on any atom is -0.323 e. The number of nitrogens with one attached hydrogen (secondary N) is 3. The molecule has 1 aromatic rings. The number of rotatable bonds is 5. The van der Waals surface area contributed by atoms with E-state index in [1.807, 2.05) is 43.3 Å². The molecule has 4 nitrogen and oxygen atoms in total. The van der Waals surface area contributed by atoms with Crippen LogP contribution in [0, 0.1) is 16.7 Å². The van der Waals surface area contributed by atoms with Crippen molar-refractivity contribution in [1.82, 2.24) is 0 Å². The molecule has 1 amide bonds. The van der Waals surface area contributed by atoms with Crippen LogP contribution in [0.2, 0.25) is 0 Å². The van der Waals surface area contributed by atoms with E-state index in [1.165, 1.54) is 0 Å². The first kappa shape index (κ1) is 19.6. The van der Waals surface area contributed by atoms with Gasteiger partial charge >= 0.3 is 0 Å². The van der Waals surface area contributed by atoms with Gasteiger partial charge in [-0.15, -0.1) is 0 Å². The molecular weight excluding hydrogens is 322 g/mol. The minimum atomic E-state index is -0.141. The van der Waals surface area contributed by atoms with Crippen molar-refractivity contribution < 1.29 is 4.79 Å². The number of amides is 1. The third-order valence-corrected chi connectivity index (χ3v) is 4.31. The number of benzene rings is 1. The normalized spacial score (nSPS) is 18.0. The van der Waals surface area contributed by atoms with Crippen LogP contribution in [0.3, 0.4) is 0 Å². The van der Waals surface area contributed by atoms with Gasteiger partial charge in [-0.2, -0.15) is 0 Å². The summed E-state index contributed by atoms with van der Waals surface area (Å²) in [6.45, 7) is 5.85. The molecule has 26 heavy (non-hydrogen) atoms. The standard InChI is InChI=1S/C22H27N3O/c1-4-5-9-22(26)25-19-8-6-7-17(13-19)18-12-15(2)10-11-21(24)20(14-18)16(3)23/h5-9,12-15,23-24H,4,10-11H2,1-3H3,(H,25,26). The van der Waals surface area contributed by atoms with Gasteiger partial charge in [0.15, 0.2) is 0 Å². The molecule has 1 atom stereocenters. The zero-order chi connectivity index (χ0) is 19.1. The largest absolute Gasteiger partial charge is 0.323 e. The molecule has 3 N–H and O–H groups in total. The van der Waals surface area contributed by atoms with Crippen molar-refractivity contribution in [2.75, 3.05) is 5.32 Å². The molecule has 0 saturated carbocycles. The average molecular weight is 349 g/mol. The molecule has 0 heterocycles. The Bertz CT molecular complexity index is 799. The highest BCUT2D eigenvalue weighted by atomic mass is 16.1.